The molecular formula is C31H38N4O4S. The van der Waals surface area contributed by atoms with E-state index in [-0.39, 0.29) is 16.7 Å². The van der Waals surface area contributed by atoms with Gasteiger partial charge in [0.15, 0.2) is 0 Å². The molecule has 8 nitrogen and oxygen atoms in total. The summed E-state index contributed by atoms with van der Waals surface area (Å²) in [5, 5.41) is 3.87. The van der Waals surface area contributed by atoms with E-state index in [1.807, 2.05) is 29.2 Å². The molecule has 2 aliphatic rings. The highest BCUT2D eigenvalue weighted by Gasteiger charge is 2.49. The second-order valence-electron chi connectivity index (χ2n) is 10.9. The second-order valence-corrected chi connectivity index (χ2v) is 12.6. The number of sulfonamides is 1. The molecule has 1 aliphatic carbocycles. The molecule has 212 valence electrons. The van der Waals surface area contributed by atoms with Crippen LogP contribution in [0.25, 0.3) is 11.1 Å². The van der Waals surface area contributed by atoms with Crippen LogP contribution >= 0.6 is 0 Å². The Kier molecular flexibility index (Phi) is 7.86. The van der Waals surface area contributed by atoms with Crippen molar-refractivity contribution in [3.8, 4) is 11.1 Å². The molecule has 1 amide bonds. The van der Waals surface area contributed by atoms with E-state index in [1.165, 1.54) is 0 Å². The lowest BCUT2D eigenvalue weighted by Crippen LogP contribution is -2.40. The third kappa shape index (κ3) is 5.19. The Hall–Kier alpha value is -3.46. The molecular weight excluding hydrogens is 524 g/mol. The van der Waals surface area contributed by atoms with Gasteiger partial charge in [0.05, 0.1) is 17.1 Å². The number of hydrogen-bond donors (Lipinski definition) is 1. The van der Waals surface area contributed by atoms with E-state index < -0.39 is 15.6 Å². The molecule has 2 aromatic carbocycles. The van der Waals surface area contributed by atoms with Gasteiger partial charge in [-0.25, -0.2) is 13.1 Å². The van der Waals surface area contributed by atoms with Crippen LogP contribution in [0.5, 0.6) is 0 Å². The van der Waals surface area contributed by atoms with Gasteiger partial charge in [-0.2, -0.15) is 0 Å². The lowest BCUT2D eigenvalue weighted by atomic mass is 9.95. The Morgan fingerprint density at radius 3 is 2.48 bits per heavy atom. The fraction of sp³-hybridized carbons (Fsp3) is 0.452. The number of amides is 1. The van der Waals surface area contributed by atoms with E-state index in [0.717, 1.165) is 67.5 Å². The highest BCUT2D eigenvalue weighted by Crippen LogP contribution is 2.40. The number of nitrogens with one attached hydrogen (secondary N) is 1. The third-order valence-corrected chi connectivity index (χ3v) is 9.61. The van der Waals surface area contributed by atoms with Crippen LogP contribution in [0.1, 0.15) is 81.2 Å². The average molecular weight is 563 g/mol. The van der Waals surface area contributed by atoms with E-state index in [0.29, 0.717) is 29.8 Å². The SMILES string of the molecule is CCCCC1=NC2(CCCC2)C(=O)N1Cc1ccc(-c2ccccc2S(=O)(=O)Nc2onc(C)c2C)c(CC)c1. The first-order valence-corrected chi connectivity index (χ1v) is 15.7. The zero-order valence-corrected chi connectivity index (χ0v) is 24.6. The molecule has 2 heterocycles. The smallest absolute Gasteiger partial charge is 0.264 e. The number of aryl methyl sites for hydroxylation is 2. The predicted octanol–water partition coefficient (Wildman–Crippen LogP) is 6.57. The largest absolute Gasteiger partial charge is 0.337 e. The molecule has 1 aliphatic heterocycles. The number of carbonyl (C=O) groups excluding carboxylic acids is 1. The molecule has 0 bridgehead atoms. The van der Waals surface area contributed by atoms with Gasteiger partial charge in [-0.3, -0.25) is 14.7 Å². The summed E-state index contributed by atoms with van der Waals surface area (Å²) in [7, 11) is -3.94. The lowest BCUT2D eigenvalue weighted by molar-refractivity contribution is -0.131. The standard InChI is InChI=1S/C31H38N4O4S/c1-5-7-14-28-32-31(17-10-11-18-31)30(36)35(28)20-23-15-16-25(24(6-2)19-23)26-12-8-9-13-27(26)40(37,38)34-29-21(3)22(4)33-39-29/h8-9,12-13,15-16,19,34H,5-7,10-11,14,17-18,20H2,1-4H3. The van der Waals surface area contributed by atoms with Crippen LogP contribution < -0.4 is 4.72 Å². The van der Waals surface area contributed by atoms with Crippen molar-refractivity contribution in [3.05, 3.63) is 64.8 Å². The lowest BCUT2D eigenvalue weighted by Gasteiger charge is -2.23. The van der Waals surface area contributed by atoms with Gasteiger partial charge in [0, 0.05) is 17.5 Å². The van der Waals surface area contributed by atoms with Gasteiger partial charge in [-0.05, 0) is 62.3 Å². The fourth-order valence-electron chi connectivity index (χ4n) is 5.79. The van der Waals surface area contributed by atoms with Crippen LogP contribution in [0.4, 0.5) is 5.88 Å². The van der Waals surface area contributed by atoms with Crippen LogP contribution in [0.3, 0.4) is 0 Å². The Balaban J connectivity index is 1.45. The maximum atomic E-state index is 13.6. The third-order valence-electron chi connectivity index (χ3n) is 8.22. The fourth-order valence-corrected chi connectivity index (χ4v) is 7.06. The maximum Gasteiger partial charge on any atom is 0.264 e. The highest BCUT2D eigenvalue weighted by atomic mass is 32.2. The number of anilines is 1. The molecule has 0 atom stereocenters. The molecule has 9 heteroatoms. The van der Waals surface area contributed by atoms with Crippen LogP contribution in [0.2, 0.25) is 0 Å². The van der Waals surface area contributed by atoms with E-state index in [2.05, 4.69) is 29.8 Å². The number of rotatable bonds is 10. The molecule has 5 rings (SSSR count). The predicted molar refractivity (Wildman–Crippen MR) is 157 cm³/mol. The van der Waals surface area contributed by atoms with Crippen molar-refractivity contribution < 1.29 is 17.7 Å². The molecule has 0 unspecified atom stereocenters. The molecule has 0 radical (unpaired) electrons. The van der Waals surface area contributed by atoms with Crippen molar-refractivity contribution in [1.29, 1.82) is 0 Å². The quantitative estimate of drug-likeness (QED) is 0.301. The normalized spacial score (nSPS) is 16.6. The topological polar surface area (TPSA) is 105 Å². The number of hydrogen-bond acceptors (Lipinski definition) is 6. The van der Waals surface area contributed by atoms with Crippen molar-refractivity contribution in [1.82, 2.24) is 10.1 Å². The molecule has 3 aromatic rings. The molecule has 1 spiro atoms. The number of aromatic nitrogens is 1. The van der Waals surface area contributed by atoms with Gasteiger partial charge in [0.1, 0.15) is 11.4 Å². The zero-order chi connectivity index (χ0) is 28.5. The van der Waals surface area contributed by atoms with Crippen LogP contribution in [0.15, 0.2) is 56.9 Å². The molecule has 1 N–H and O–H groups in total. The summed E-state index contributed by atoms with van der Waals surface area (Å²) in [6, 6.07) is 13.0. The summed E-state index contributed by atoms with van der Waals surface area (Å²) in [5.74, 6) is 1.17. The van der Waals surface area contributed by atoms with Crippen molar-refractivity contribution in [2.24, 2.45) is 4.99 Å². The first-order valence-electron chi connectivity index (χ1n) is 14.3. The summed E-state index contributed by atoms with van der Waals surface area (Å²) in [6.07, 6.45) is 7.34. The van der Waals surface area contributed by atoms with E-state index in [1.54, 1.807) is 26.0 Å². The van der Waals surface area contributed by atoms with Crippen molar-refractivity contribution in [3.63, 3.8) is 0 Å². The van der Waals surface area contributed by atoms with Crippen molar-refractivity contribution in [2.45, 2.75) is 96.0 Å². The maximum absolute atomic E-state index is 13.6. The van der Waals surface area contributed by atoms with Crippen LogP contribution in [-0.2, 0) is 27.8 Å². The summed E-state index contributed by atoms with van der Waals surface area (Å²) >= 11 is 0. The first kappa shape index (κ1) is 28.1. The molecule has 1 aromatic heterocycles. The van der Waals surface area contributed by atoms with E-state index >= 15 is 0 Å². The van der Waals surface area contributed by atoms with Gasteiger partial charge in [0.2, 0.25) is 5.88 Å². The Bertz CT molecular complexity index is 1550. The Morgan fingerprint density at radius 2 is 1.80 bits per heavy atom. The van der Waals surface area contributed by atoms with Gasteiger partial charge >= 0.3 is 0 Å². The number of unbranched alkanes of at least 4 members (excludes halogenated alkanes) is 1. The van der Waals surface area contributed by atoms with Crippen molar-refractivity contribution in [2.75, 3.05) is 4.72 Å². The number of carbonyl (C=O) groups is 1. The minimum Gasteiger partial charge on any atom is -0.337 e. The Morgan fingerprint density at radius 1 is 1.05 bits per heavy atom. The van der Waals surface area contributed by atoms with Crippen molar-refractivity contribution >= 4 is 27.7 Å². The van der Waals surface area contributed by atoms with Gasteiger partial charge in [0.25, 0.3) is 15.9 Å². The first-order chi connectivity index (χ1) is 19.2. The summed E-state index contributed by atoms with van der Waals surface area (Å²) < 4.78 is 34.7. The zero-order valence-electron chi connectivity index (χ0n) is 23.8. The monoisotopic (exact) mass is 562 g/mol. The van der Waals surface area contributed by atoms with E-state index in [4.69, 9.17) is 9.52 Å². The molecule has 0 saturated heterocycles. The Labute approximate surface area is 236 Å². The molecule has 1 fully saturated rings. The molecule has 40 heavy (non-hydrogen) atoms. The number of aliphatic imine (C=N–C) groups is 1. The number of benzene rings is 2. The summed E-state index contributed by atoms with van der Waals surface area (Å²) in [4.78, 5) is 20.7. The second kappa shape index (κ2) is 11.2. The van der Waals surface area contributed by atoms with Gasteiger partial charge < -0.3 is 4.52 Å². The van der Waals surface area contributed by atoms with Crippen LogP contribution in [0, 0.1) is 13.8 Å². The summed E-state index contributed by atoms with van der Waals surface area (Å²) in [5.41, 5.74) is 4.21. The van der Waals surface area contributed by atoms with Crippen LogP contribution in [-0.4, -0.2) is 35.8 Å². The number of nitrogens with zero attached hydrogens (tertiary/aromatic N) is 3. The minimum atomic E-state index is -3.94. The van der Waals surface area contributed by atoms with E-state index in [9.17, 15) is 13.2 Å². The van der Waals surface area contributed by atoms with Gasteiger partial charge in [-0.15, -0.1) is 0 Å². The molecule has 1 saturated carbocycles. The summed E-state index contributed by atoms with van der Waals surface area (Å²) in [6.45, 7) is 8.22. The highest BCUT2D eigenvalue weighted by molar-refractivity contribution is 7.92. The number of amidine groups is 1. The minimum absolute atomic E-state index is 0.120. The average Bonchev–Trinajstić information content (AvgIpc) is 3.63. The van der Waals surface area contributed by atoms with Gasteiger partial charge in [-0.1, -0.05) is 74.7 Å².